The molecule has 0 aliphatic heterocycles. The molecule has 0 spiro atoms. The Kier molecular flexibility index (Phi) is 5.46. The number of hydrogen-bond acceptors (Lipinski definition) is 4. The first kappa shape index (κ1) is 18.5. The molecule has 0 saturated heterocycles. The lowest BCUT2D eigenvalue weighted by molar-refractivity contribution is -0.139. The molecule has 0 aliphatic carbocycles. The molecule has 2 rings (SSSR count). The molecule has 25 heavy (non-hydrogen) atoms. The van der Waals surface area contributed by atoms with Crippen LogP contribution in [0.5, 0.6) is 0 Å². The number of rotatable bonds is 5. The van der Waals surface area contributed by atoms with E-state index in [9.17, 15) is 19.1 Å². The van der Waals surface area contributed by atoms with Crippen molar-refractivity contribution in [3.8, 4) is 11.3 Å². The fourth-order valence-electron chi connectivity index (χ4n) is 2.11. The normalized spacial score (nSPS) is 12.5. The average Bonchev–Trinajstić information content (AvgIpc) is 2.94. The van der Waals surface area contributed by atoms with E-state index in [1.165, 1.54) is 12.1 Å². The second-order valence-electron chi connectivity index (χ2n) is 6.51. The van der Waals surface area contributed by atoms with E-state index in [2.05, 4.69) is 5.32 Å². The summed E-state index contributed by atoms with van der Waals surface area (Å²) in [5.41, 5.74) is -0.0623. The second kappa shape index (κ2) is 7.38. The Morgan fingerprint density at radius 3 is 2.40 bits per heavy atom. The minimum absolute atomic E-state index is 0.0459. The van der Waals surface area contributed by atoms with Crippen molar-refractivity contribution in [3.05, 3.63) is 48.0 Å². The van der Waals surface area contributed by atoms with Gasteiger partial charge < -0.3 is 19.6 Å². The van der Waals surface area contributed by atoms with Gasteiger partial charge in [0, 0.05) is 12.0 Å². The number of nitrogens with one attached hydrogen (secondary N) is 1. The summed E-state index contributed by atoms with van der Waals surface area (Å²) in [6.45, 7) is 5.05. The number of aliphatic carboxylic acids is 1. The van der Waals surface area contributed by atoms with Crippen molar-refractivity contribution >= 4 is 12.1 Å². The van der Waals surface area contributed by atoms with Crippen molar-refractivity contribution in [1.82, 2.24) is 5.32 Å². The molecular weight excluding hydrogens is 329 g/mol. The molecular formula is C18H20FNO5. The summed E-state index contributed by atoms with van der Waals surface area (Å²) < 4.78 is 23.6. The summed E-state index contributed by atoms with van der Waals surface area (Å²) in [6.07, 6.45) is -0.860. The van der Waals surface area contributed by atoms with E-state index in [4.69, 9.17) is 9.15 Å². The first-order valence-corrected chi connectivity index (χ1v) is 7.71. The van der Waals surface area contributed by atoms with E-state index in [0.717, 1.165) is 0 Å². The van der Waals surface area contributed by atoms with E-state index in [1.807, 2.05) is 0 Å². The van der Waals surface area contributed by atoms with Crippen molar-refractivity contribution in [2.75, 3.05) is 0 Å². The van der Waals surface area contributed by atoms with Crippen molar-refractivity contribution in [2.24, 2.45) is 0 Å². The molecule has 0 radical (unpaired) electrons. The van der Waals surface area contributed by atoms with Crippen LogP contribution in [0, 0.1) is 5.82 Å². The molecule has 134 valence electrons. The topological polar surface area (TPSA) is 88.8 Å². The Morgan fingerprint density at radius 2 is 1.84 bits per heavy atom. The van der Waals surface area contributed by atoms with E-state index in [0.29, 0.717) is 17.1 Å². The fraction of sp³-hybridized carbons (Fsp3) is 0.333. The maximum absolute atomic E-state index is 13.0. The van der Waals surface area contributed by atoms with Gasteiger partial charge >= 0.3 is 12.1 Å². The van der Waals surface area contributed by atoms with Crippen molar-refractivity contribution in [1.29, 1.82) is 0 Å². The van der Waals surface area contributed by atoms with Gasteiger partial charge in [-0.05, 0) is 57.2 Å². The van der Waals surface area contributed by atoms with Crippen LogP contribution < -0.4 is 5.32 Å². The smallest absolute Gasteiger partial charge is 0.408 e. The highest BCUT2D eigenvalue weighted by Gasteiger charge is 2.25. The van der Waals surface area contributed by atoms with Crippen LogP contribution in [0.25, 0.3) is 11.3 Å². The van der Waals surface area contributed by atoms with Gasteiger partial charge in [-0.2, -0.15) is 0 Å². The van der Waals surface area contributed by atoms with Gasteiger partial charge in [0.1, 0.15) is 29.0 Å². The highest BCUT2D eigenvalue weighted by atomic mass is 19.1. The summed E-state index contributed by atoms with van der Waals surface area (Å²) >= 11 is 0. The third kappa shape index (κ3) is 5.63. The number of alkyl carbamates (subject to hydrolysis) is 1. The maximum Gasteiger partial charge on any atom is 0.408 e. The SMILES string of the molecule is CC(C)(C)OC(=O)NC(Cc1ccc(-c2ccc(F)cc2)o1)C(=O)O. The molecule has 1 atom stereocenters. The van der Waals surface area contributed by atoms with Gasteiger partial charge in [0.2, 0.25) is 0 Å². The molecule has 0 aliphatic rings. The van der Waals surface area contributed by atoms with Crippen LogP contribution in [0.4, 0.5) is 9.18 Å². The van der Waals surface area contributed by atoms with E-state index < -0.39 is 23.7 Å². The monoisotopic (exact) mass is 349 g/mol. The Labute approximate surface area is 144 Å². The third-order valence-corrected chi connectivity index (χ3v) is 3.18. The Morgan fingerprint density at radius 1 is 1.20 bits per heavy atom. The number of furan rings is 1. The molecule has 7 heteroatoms. The number of ether oxygens (including phenoxy) is 1. The third-order valence-electron chi connectivity index (χ3n) is 3.18. The van der Waals surface area contributed by atoms with Crippen LogP contribution in [0.15, 0.2) is 40.8 Å². The zero-order valence-corrected chi connectivity index (χ0v) is 14.2. The number of carbonyl (C=O) groups is 2. The van der Waals surface area contributed by atoms with Gasteiger partial charge in [-0.15, -0.1) is 0 Å². The fourth-order valence-corrected chi connectivity index (χ4v) is 2.11. The number of amides is 1. The van der Waals surface area contributed by atoms with Crippen LogP contribution in [0.3, 0.4) is 0 Å². The minimum atomic E-state index is -1.20. The minimum Gasteiger partial charge on any atom is -0.480 e. The number of halogens is 1. The number of carboxylic acid groups (broad SMARTS) is 1. The summed E-state index contributed by atoms with van der Waals surface area (Å²) in [6, 6.07) is 7.82. The van der Waals surface area contributed by atoms with Crippen LogP contribution in [-0.4, -0.2) is 28.8 Å². The lowest BCUT2D eigenvalue weighted by Crippen LogP contribution is -2.44. The molecule has 1 unspecified atom stereocenters. The maximum atomic E-state index is 13.0. The predicted molar refractivity (Wildman–Crippen MR) is 88.6 cm³/mol. The molecule has 1 heterocycles. The van der Waals surface area contributed by atoms with Gasteiger partial charge in [-0.1, -0.05) is 0 Å². The molecule has 2 aromatic rings. The van der Waals surface area contributed by atoms with E-state index in [-0.39, 0.29) is 12.2 Å². The number of hydrogen-bond donors (Lipinski definition) is 2. The first-order valence-electron chi connectivity index (χ1n) is 7.71. The number of benzene rings is 1. The standard InChI is InChI=1S/C18H20FNO5/c1-18(2,3)25-17(23)20-14(16(21)22)10-13-8-9-15(24-13)11-4-6-12(19)7-5-11/h4-9,14H,10H2,1-3H3,(H,20,23)(H,21,22). The first-order chi connectivity index (χ1) is 11.6. The Balaban J connectivity index is 2.06. The van der Waals surface area contributed by atoms with Gasteiger partial charge in [0.15, 0.2) is 0 Å². The van der Waals surface area contributed by atoms with Crippen LogP contribution >= 0.6 is 0 Å². The molecule has 6 nitrogen and oxygen atoms in total. The lowest BCUT2D eigenvalue weighted by atomic mass is 10.1. The zero-order chi connectivity index (χ0) is 18.6. The summed E-state index contributed by atoms with van der Waals surface area (Å²) in [4.78, 5) is 23.1. The van der Waals surface area contributed by atoms with Gasteiger partial charge in [-0.25, -0.2) is 14.0 Å². The molecule has 1 aromatic carbocycles. The van der Waals surface area contributed by atoms with Gasteiger partial charge in [0.25, 0.3) is 0 Å². The quantitative estimate of drug-likeness (QED) is 0.861. The number of carboxylic acids is 1. The van der Waals surface area contributed by atoms with E-state index >= 15 is 0 Å². The molecule has 0 fully saturated rings. The summed E-state index contributed by atoms with van der Waals surface area (Å²) in [7, 11) is 0. The van der Waals surface area contributed by atoms with Gasteiger partial charge in [-0.3, -0.25) is 0 Å². The van der Waals surface area contributed by atoms with Crippen LogP contribution in [0.2, 0.25) is 0 Å². The molecule has 1 amide bonds. The second-order valence-corrected chi connectivity index (χ2v) is 6.51. The molecule has 0 bridgehead atoms. The Hall–Kier alpha value is -2.83. The van der Waals surface area contributed by atoms with Gasteiger partial charge in [0.05, 0.1) is 0 Å². The summed E-state index contributed by atoms with van der Waals surface area (Å²) in [5, 5.41) is 11.6. The largest absolute Gasteiger partial charge is 0.480 e. The zero-order valence-electron chi connectivity index (χ0n) is 14.2. The predicted octanol–water partition coefficient (Wildman–Crippen LogP) is 3.61. The van der Waals surface area contributed by atoms with Crippen molar-refractivity contribution in [2.45, 2.75) is 38.8 Å². The van der Waals surface area contributed by atoms with Crippen LogP contribution in [-0.2, 0) is 16.0 Å². The van der Waals surface area contributed by atoms with Crippen molar-refractivity contribution in [3.63, 3.8) is 0 Å². The van der Waals surface area contributed by atoms with Crippen LogP contribution in [0.1, 0.15) is 26.5 Å². The average molecular weight is 349 g/mol. The summed E-state index contributed by atoms with van der Waals surface area (Å²) in [5.74, 6) is -0.701. The highest BCUT2D eigenvalue weighted by Crippen LogP contribution is 2.23. The Bertz CT molecular complexity index is 746. The number of carbonyl (C=O) groups excluding carboxylic acids is 1. The molecule has 2 N–H and O–H groups in total. The van der Waals surface area contributed by atoms with Crippen molar-refractivity contribution < 1.29 is 28.2 Å². The molecule has 1 aromatic heterocycles. The highest BCUT2D eigenvalue weighted by molar-refractivity contribution is 5.80. The molecule has 0 saturated carbocycles. The lowest BCUT2D eigenvalue weighted by Gasteiger charge is -2.21. The van der Waals surface area contributed by atoms with E-state index in [1.54, 1.807) is 45.0 Å².